The SMILES string of the molecule is c1ccc(-c2nc(-c3ccccc3)nc(-c3ccc4c(c3)oc3cc(-c5cccc(-c6ccc7oc8ccccc8c7c6)c5)ccc34)n2)cc1. The van der Waals surface area contributed by atoms with Crippen LogP contribution in [0.5, 0.6) is 0 Å². The van der Waals surface area contributed by atoms with Gasteiger partial charge < -0.3 is 8.83 Å². The summed E-state index contributed by atoms with van der Waals surface area (Å²) in [5.74, 6) is 1.85. The lowest BCUT2D eigenvalue weighted by atomic mass is 9.97. The molecular formula is C45H27N3O2. The van der Waals surface area contributed by atoms with Gasteiger partial charge in [0, 0.05) is 38.2 Å². The predicted molar refractivity (Wildman–Crippen MR) is 202 cm³/mol. The third-order valence-corrected chi connectivity index (χ3v) is 9.34. The fourth-order valence-electron chi connectivity index (χ4n) is 6.82. The Hall–Kier alpha value is -6.85. The van der Waals surface area contributed by atoms with Crippen LogP contribution in [0.1, 0.15) is 0 Å². The highest BCUT2D eigenvalue weighted by atomic mass is 16.3. The summed E-state index contributed by atoms with van der Waals surface area (Å²) in [4.78, 5) is 14.6. The summed E-state index contributed by atoms with van der Waals surface area (Å²) in [5.41, 5.74) is 10.7. The van der Waals surface area contributed by atoms with Crippen molar-refractivity contribution in [3.05, 3.63) is 164 Å². The average molecular weight is 642 g/mol. The molecule has 0 atom stereocenters. The molecule has 5 nitrogen and oxygen atoms in total. The Balaban J connectivity index is 1.03. The quantitative estimate of drug-likeness (QED) is 0.187. The standard InChI is InChI=1S/C45H27N3O2/c1-3-10-28(11-4-1)43-46-44(29-12-5-2-6-13-29)48-45(47-43)34-19-22-37-36-21-18-33(26-41(36)50-42(37)27-34)31-15-9-14-30(24-31)32-20-23-40-38(25-32)35-16-7-8-17-39(35)49-40/h1-27H. The Bertz CT molecular complexity index is 2810. The highest BCUT2D eigenvalue weighted by Gasteiger charge is 2.15. The molecule has 0 aliphatic heterocycles. The zero-order valence-electron chi connectivity index (χ0n) is 26.7. The summed E-state index contributed by atoms with van der Waals surface area (Å²) >= 11 is 0. The van der Waals surface area contributed by atoms with Crippen LogP contribution in [0.4, 0.5) is 0 Å². The van der Waals surface area contributed by atoms with E-state index in [9.17, 15) is 0 Å². The zero-order chi connectivity index (χ0) is 33.0. The van der Waals surface area contributed by atoms with Gasteiger partial charge in [0.25, 0.3) is 0 Å². The lowest BCUT2D eigenvalue weighted by Crippen LogP contribution is -2.00. The van der Waals surface area contributed by atoms with Crippen molar-refractivity contribution in [2.24, 2.45) is 0 Å². The van der Waals surface area contributed by atoms with E-state index >= 15 is 0 Å². The molecule has 0 N–H and O–H groups in total. The second-order valence-electron chi connectivity index (χ2n) is 12.5. The molecule has 50 heavy (non-hydrogen) atoms. The Morgan fingerprint density at radius 2 is 0.700 bits per heavy atom. The highest BCUT2D eigenvalue weighted by Crippen LogP contribution is 2.37. The molecule has 10 aromatic rings. The first-order valence-corrected chi connectivity index (χ1v) is 16.6. The molecule has 0 fully saturated rings. The van der Waals surface area contributed by atoms with Gasteiger partial charge in [-0.05, 0) is 70.8 Å². The second-order valence-corrected chi connectivity index (χ2v) is 12.5. The average Bonchev–Trinajstić information content (AvgIpc) is 3.75. The van der Waals surface area contributed by atoms with Gasteiger partial charge in [-0.25, -0.2) is 15.0 Å². The van der Waals surface area contributed by atoms with Gasteiger partial charge >= 0.3 is 0 Å². The van der Waals surface area contributed by atoms with Gasteiger partial charge in [-0.3, -0.25) is 0 Å². The lowest BCUT2D eigenvalue weighted by Gasteiger charge is -2.08. The highest BCUT2D eigenvalue weighted by molar-refractivity contribution is 6.08. The summed E-state index contributed by atoms with van der Waals surface area (Å²) in [6.07, 6.45) is 0. The predicted octanol–water partition coefficient (Wildman–Crippen LogP) is 12.0. The molecule has 0 aliphatic carbocycles. The summed E-state index contributed by atoms with van der Waals surface area (Å²) in [7, 11) is 0. The van der Waals surface area contributed by atoms with E-state index in [1.165, 1.54) is 0 Å². The Kier molecular flexibility index (Phi) is 6.42. The van der Waals surface area contributed by atoms with Crippen molar-refractivity contribution >= 4 is 43.9 Å². The molecule has 0 unspecified atom stereocenters. The van der Waals surface area contributed by atoms with Crippen molar-refractivity contribution in [1.29, 1.82) is 0 Å². The van der Waals surface area contributed by atoms with Crippen LogP contribution in [-0.2, 0) is 0 Å². The van der Waals surface area contributed by atoms with Gasteiger partial charge in [-0.1, -0.05) is 115 Å². The first-order valence-electron chi connectivity index (χ1n) is 16.6. The van der Waals surface area contributed by atoms with Crippen LogP contribution in [0, 0.1) is 0 Å². The van der Waals surface area contributed by atoms with Gasteiger partial charge in [0.05, 0.1) is 0 Å². The lowest BCUT2D eigenvalue weighted by molar-refractivity contribution is 0.668. The van der Waals surface area contributed by atoms with Crippen LogP contribution >= 0.6 is 0 Å². The number of fused-ring (bicyclic) bond motifs is 6. The molecule has 10 rings (SSSR count). The molecule has 5 heteroatoms. The molecule has 7 aromatic carbocycles. The molecule has 0 saturated heterocycles. The van der Waals surface area contributed by atoms with Crippen LogP contribution in [0.3, 0.4) is 0 Å². The van der Waals surface area contributed by atoms with Crippen molar-refractivity contribution in [3.8, 4) is 56.4 Å². The molecule has 0 radical (unpaired) electrons. The molecule has 0 spiro atoms. The molecule has 0 saturated carbocycles. The van der Waals surface area contributed by atoms with E-state index in [0.29, 0.717) is 17.5 Å². The molecule has 0 bridgehead atoms. The van der Waals surface area contributed by atoms with Gasteiger partial charge in [0.2, 0.25) is 0 Å². The summed E-state index contributed by atoms with van der Waals surface area (Å²) in [6.45, 7) is 0. The Labute approximate surface area is 287 Å². The van der Waals surface area contributed by atoms with E-state index in [-0.39, 0.29) is 0 Å². The monoisotopic (exact) mass is 641 g/mol. The third-order valence-electron chi connectivity index (χ3n) is 9.34. The van der Waals surface area contributed by atoms with E-state index in [1.807, 2.05) is 78.9 Å². The topological polar surface area (TPSA) is 65.0 Å². The number of nitrogens with zero attached hydrogens (tertiary/aromatic N) is 3. The molecule has 3 heterocycles. The smallest absolute Gasteiger partial charge is 0.164 e. The number of rotatable bonds is 5. The number of hydrogen-bond acceptors (Lipinski definition) is 5. The van der Waals surface area contributed by atoms with Crippen LogP contribution < -0.4 is 0 Å². The summed E-state index contributed by atoms with van der Waals surface area (Å²) in [5, 5.41) is 4.36. The minimum Gasteiger partial charge on any atom is -0.456 e. The van der Waals surface area contributed by atoms with Gasteiger partial charge in [-0.2, -0.15) is 0 Å². The van der Waals surface area contributed by atoms with Crippen LogP contribution in [0.15, 0.2) is 173 Å². The van der Waals surface area contributed by atoms with Crippen molar-refractivity contribution < 1.29 is 8.83 Å². The number of para-hydroxylation sites is 1. The van der Waals surface area contributed by atoms with Crippen molar-refractivity contribution in [2.75, 3.05) is 0 Å². The van der Waals surface area contributed by atoms with Gasteiger partial charge in [0.1, 0.15) is 22.3 Å². The van der Waals surface area contributed by atoms with E-state index in [1.54, 1.807) is 0 Å². The normalized spacial score (nSPS) is 11.6. The number of benzene rings is 7. The summed E-state index contributed by atoms with van der Waals surface area (Å²) < 4.78 is 12.6. The summed E-state index contributed by atoms with van der Waals surface area (Å²) in [6, 6.07) is 55.9. The first-order chi connectivity index (χ1) is 24.7. The van der Waals surface area contributed by atoms with Crippen molar-refractivity contribution in [1.82, 2.24) is 15.0 Å². The zero-order valence-corrected chi connectivity index (χ0v) is 26.7. The third kappa shape index (κ3) is 4.83. The number of hydrogen-bond donors (Lipinski definition) is 0. The largest absolute Gasteiger partial charge is 0.456 e. The minimum absolute atomic E-state index is 0.596. The first kappa shape index (κ1) is 28.2. The van der Waals surface area contributed by atoms with E-state index in [2.05, 4.69) is 84.9 Å². The molecule has 234 valence electrons. The fraction of sp³-hybridized carbons (Fsp3) is 0. The minimum atomic E-state index is 0.596. The Morgan fingerprint density at radius 3 is 1.38 bits per heavy atom. The molecular weight excluding hydrogens is 615 g/mol. The van der Waals surface area contributed by atoms with E-state index < -0.39 is 0 Å². The van der Waals surface area contributed by atoms with Gasteiger partial charge in [-0.15, -0.1) is 0 Å². The van der Waals surface area contributed by atoms with E-state index in [4.69, 9.17) is 23.8 Å². The molecule has 0 amide bonds. The fourth-order valence-corrected chi connectivity index (χ4v) is 6.82. The van der Waals surface area contributed by atoms with Crippen molar-refractivity contribution in [2.45, 2.75) is 0 Å². The van der Waals surface area contributed by atoms with Crippen LogP contribution in [0.2, 0.25) is 0 Å². The Morgan fingerprint density at radius 1 is 0.260 bits per heavy atom. The second kappa shape index (κ2) is 11.4. The van der Waals surface area contributed by atoms with Crippen LogP contribution in [-0.4, -0.2) is 15.0 Å². The maximum Gasteiger partial charge on any atom is 0.164 e. The van der Waals surface area contributed by atoms with Gasteiger partial charge in [0.15, 0.2) is 17.5 Å². The maximum absolute atomic E-state index is 6.52. The number of aromatic nitrogens is 3. The van der Waals surface area contributed by atoms with E-state index in [0.717, 1.165) is 82.8 Å². The van der Waals surface area contributed by atoms with Crippen molar-refractivity contribution in [3.63, 3.8) is 0 Å². The van der Waals surface area contributed by atoms with Crippen LogP contribution in [0.25, 0.3) is 100 Å². The molecule has 0 aliphatic rings. The number of furan rings is 2. The molecule has 3 aromatic heterocycles. The maximum atomic E-state index is 6.52.